The predicted octanol–water partition coefficient (Wildman–Crippen LogP) is 4.70. The Kier molecular flexibility index (Phi) is 7.14. The Morgan fingerprint density at radius 2 is 1.71 bits per heavy atom. The summed E-state index contributed by atoms with van der Waals surface area (Å²) in [6.45, 7) is 3.60. The Labute approximate surface area is 202 Å². The van der Waals surface area contributed by atoms with Crippen LogP contribution in [0.15, 0.2) is 53.1 Å². The molecule has 0 saturated heterocycles. The second-order valence-corrected chi connectivity index (χ2v) is 8.70. The van der Waals surface area contributed by atoms with Crippen molar-refractivity contribution in [2.75, 3.05) is 10.6 Å². The summed E-state index contributed by atoms with van der Waals surface area (Å²) in [5.74, 6) is -1.91. The van der Waals surface area contributed by atoms with Crippen molar-refractivity contribution in [2.45, 2.75) is 45.6 Å². The van der Waals surface area contributed by atoms with Crippen LogP contribution >= 0.6 is 0 Å². The Morgan fingerprint density at radius 1 is 1.03 bits per heavy atom. The van der Waals surface area contributed by atoms with Gasteiger partial charge in [0.2, 0.25) is 0 Å². The molecule has 182 valence electrons. The molecule has 3 aromatic rings. The number of oxazole rings is 1. The Balaban J connectivity index is 1.36. The van der Waals surface area contributed by atoms with Crippen LogP contribution in [0.2, 0.25) is 0 Å². The molecule has 0 fully saturated rings. The number of anilines is 2. The number of carbonyl (C=O) groups is 3. The van der Waals surface area contributed by atoms with E-state index in [1.807, 2.05) is 19.1 Å². The highest BCUT2D eigenvalue weighted by molar-refractivity contribution is 6.00. The van der Waals surface area contributed by atoms with Gasteiger partial charge in [-0.3, -0.25) is 4.79 Å². The highest BCUT2D eigenvalue weighted by Gasteiger charge is 2.27. The lowest BCUT2D eigenvalue weighted by Gasteiger charge is -2.19. The van der Waals surface area contributed by atoms with Crippen LogP contribution in [-0.2, 0) is 17.6 Å². The third kappa shape index (κ3) is 5.68. The molecule has 0 aliphatic heterocycles. The number of carbonyl (C=O) groups excluding carboxylic acids is 2. The molecule has 3 amide bonds. The molecule has 0 saturated carbocycles. The summed E-state index contributed by atoms with van der Waals surface area (Å²) in [7, 11) is 0. The second kappa shape index (κ2) is 10.4. The van der Waals surface area contributed by atoms with Crippen LogP contribution < -0.4 is 16.0 Å². The van der Waals surface area contributed by atoms with Gasteiger partial charge >= 0.3 is 17.9 Å². The second-order valence-electron chi connectivity index (χ2n) is 8.70. The molecule has 1 heterocycles. The highest BCUT2D eigenvalue weighted by Crippen LogP contribution is 2.26. The van der Waals surface area contributed by atoms with E-state index in [1.165, 1.54) is 17.3 Å². The van der Waals surface area contributed by atoms with Gasteiger partial charge in [-0.1, -0.05) is 26.3 Å². The zero-order valence-electron chi connectivity index (χ0n) is 19.6. The van der Waals surface area contributed by atoms with E-state index >= 15 is 0 Å². The van der Waals surface area contributed by atoms with Gasteiger partial charge in [0, 0.05) is 16.9 Å². The summed E-state index contributed by atoms with van der Waals surface area (Å²) >= 11 is 0. The Morgan fingerprint density at radius 3 is 2.43 bits per heavy atom. The van der Waals surface area contributed by atoms with Crippen LogP contribution in [0, 0.1) is 5.92 Å². The average Bonchev–Trinajstić information content (AvgIpc) is 3.52. The summed E-state index contributed by atoms with van der Waals surface area (Å²) < 4.78 is 5.55. The van der Waals surface area contributed by atoms with Crippen LogP contribution in [0.5, 0.6) is 0 Å². The largest absolute Gasteiger partial charge is 0.480 e. The normalized spacial score (nSPS) is 14.0. The van der Waals surface area contributed by atoms with Crippen molar-refractivity contribution in [1.29, 1.82) is 0 Å². The summed E-state index contributed by atoms with van der Waals surface area (Å²) in [4.78, 5) is 40.2. The maximum atomic E-state index is 12.4. The maximum absolute atomic E-state index is 12.4. The van der Waals surface area contributed by atoms with Gasteiger partial charge in [0.15, 0.2) is 5.76 Å². The Bertz CT molecular complexity index is 1230. The molecular weight excluding hydrogens is 448 g/mol. The topological polar surface area (TPSA) is 134 Å². The molecule has 35 heavy (non-hydrogen) atoms. The lowest BCUT2D eigenvalue weighted by molar-refractivity contribution is -0.140. The maximum Gasteiger partial charge on any atom is 0.326 e. The van der Waals surface area contributed by atoms with Crippen LogP contribution in [0.25, 0.3) is 11.3 Å². The van der Waals surface area contributed by atoms with Crippen molar-refractivity contribution >= 4 is 29.3 Å². The molecule has 9 nitrogen and oxygen atoms in total. The molecule has 0 radical (unpaired) electrons. The van der Waals surface area contributed by atoms with Crippen molar-refractivity contribution in [2.24, 2.45) is 5.92 Å². The SMILES string of the molecule is CCC(C)C(NC(=O)c1ncc(-c2ccc(NC(=O)Nc3ccc4c(c3)CCC4)cc2)o1)C(=O)O. The number of aromatic nitrogens is 1. The van der Waals surface area contributed by atoms with Crippen molar-refractivity contribution in [3.05, 3.63) is 65.7 Å². The minimum Gasteiger partial charge on any atom is -0.480 e. The monoisotopic (exact) mass is 476 g/mol. The van der Waals surface area contributed by atoms with Gasteiger partial charge in [-0.05, 0) is 72.7 Å². The zero-order chi connectivity index (χ0) is 24.9. The molecule has 1 aromatic heterocycles. The molecule has 9 heteroatoms. The zero-order valence-corrected chi connectivity index (χ0v) is 19.6. The lowest BCUT2D eigenvalue weighted by Crippen LogP contribution is -2.45. The van der Waals surface area contributed by atoms with E-state index in [1.54, 1.807) is 31.2 Å². The number of carboxylic acids is 1. The first kappa shape index (κ1) is 24.0. The third-order valence-electron chi connectivity index (χ3n) is 6.25. The first-order chi connectivity index (χ1) is 16.8. The summed E-state index contributed by atoms with van der Waals surface area (Å²) in [5.41, 5.74) is 4.62. The molecule has 2 atom stereocenters. The molecule has 4 rings (SSSR count). The molecule has 2 aromatic carbocycles. The van der Waals surface area contributed by atoms with E-state index in [9.17, 15) is 19.5 Å². The van der Waals surface area contributed by atoms with E-state index in [0.29, 0.717) is 23.4 Å². The quantitative estimate of drug-likeness (QED) is 0.372. The molecule has 1 aliphatic carbocycles. The van der Waals surface area contributed by atoms with Crippen LogP contribution in [0.3, 0.4) is 0 Å². The van der Waals surface area contributed by atoms with Gasteiger partial charge in [0.1, 0.15) is 6.04 Å². The fourth-order valence-electron chi connectivity index (χ4n) is 4.06. The molecule has 1 aliphatic rings. The minimum absolute atomic E-state index is 0.217. The van der Waals surface area contributed by atoms with E-state index in [-0.39, 0.29) is 17.8 Å². The summed E-state index contributed by atoms with van der Waals surface area (Å²) in [5, 5.41) is 17.5. The number of rotatable bonds is 8. The number of hydrogen-bond acceptors (Lipinski definition) is 5. The predicted molar refractivity (Wildman–Crippen MR) is 131 cm³/mol. The first-order valence-corrected chi connectivity index (χ1v) is 11.6. The van der Waals surface area contributed by atoms with E-state index in [0.717, 1.165) is 24.9 Å². The Hall–Kier alpha value is -4.14. The molecule has 4 N–H and O–H groups in total. The number of hydrogen-bond donors (Lipinski definition) is 4. The van der Waals surface area contributed by atoms with Gasteiger partial charge in [-0.15, -0.1) is 0 Å². The van der Waals surface area contributed by atoms with Crippen molar-refractivity contribution < 1.29 is 23.9 Å². The molecule has 2 unspecified atom stereocenters. The molecular formula is C26H28N4O5. The van der Waals surface area contributed by atoms with Gasteiger partial charge < -0.3 is 25.5 Å². The van der Waals surface area contributed by atoms with Gasteiger partial charge in [0.05, 0.1) is 6.20 Å². The number of benzene rings is 2. The standard InChI is InChI=1S/C26H28N4O5/c1-3-15(2)22(25(32)33)30-23(31)24-27-14-21(35-24)17-8-10-19(11-9-17)28-26(34)29-20-12-7-16-5-4-6-18(16)13-20/h7-15,22H,3-6H2,1-2H3,(H,30,31)(H,32,33)(H2,28,29,34). The van der Waals surface area contributed by atoms with Crippen molar-refractivity contribution in [3.63, 3.8) is 0 Å². The minimum atomic E-state index is -1.11. The third-order valence-corrected chi connectivity index (χ3v) is 6.25. The van der Waals surface area contributed by atoms with Crippen molar-refractivity contribution in [1.82, 2.24) is 10.3 Å². The fraction of sp³-hybridized carbons (Fsp3) is 0.308. The molecule has 0 spiro atoms. The number of fused-ring (bicyclic) bond motifs is 1. The first-order valence-electron chi connectivity index (χ1n) is 11.6. The number of aryl methyl sites for hydroxylation is 2. The smallest absolute Gasteiger partial charge is 0.326 e. The number of aliphatic carboxylic acids is 1. The van der Waals surface area contributed by atoms with Gasteiger partial charge in [-0.2, -0.15) is 0 Å². The summed E-state index contributed by atoms with van der Waals surface area (Å²) in [6.07, 6.45) is 5.27. The van der Waals surface area contributed by atoms with E-state index in [2.05, 4.69) is 27.0 Å². The van der Waals surface area contributed by atoms with Crippen molar-refractivity contribution in [3.8, 4) is 11.3 Å². The van der Waals surface area contributed by atoms with E-state index in [4.69, 9.17) is 4.42 Å². The summed E-state index contributed by atoms with van der Waals surface area (Å²) in [6, 6.07) is 11.5. The number of carboxylic acid groups (broad SMARTS) is 1. The van der Waals surface area contributed by atoms with Gasteiger partial charge in [0.25, 0.3) is 5.89 Å². The van der Waals surface area contributed by atoms with Crippen LogP contribution in [-0.4, -0.2) is 34.0 Å². The molecule has 0 bridgehead atoms. The van der Waals surface area contributed by atoms with Crippen LogP contribution in [0.4, 0.5) is 16.2 Å². The fourth-order valence-corrected chi connectivity index (χ4v) is 4.06. The lowest BCUT2D eigenvalue weighted by atomic mass is 9.99. The highest BCUT2D eigenvalue weighted by atomic mass is 16.4. The number of nitrogens with one attached hydrogen (secondary N) is 3. The number of urea groups is 1. The average molecular weight is 477 g/mol. The number of nitrogens with zero attached hydrogens (tertiary/aromatic N) is 1. The van der Waals surface area contributed by atoms with E-state index < -0.39 is 17.9 Å². The van der Waals surface area contributed by atoms with Gasteiger partial charge in [-0.25, -0.2) is 14.6 Å². The van der Waals surface area contributed by atoms with Crippen LogP contribution in [0.1, 0.15) is 48.5 Å². The number of amides is 3.